The van der Waals surface area contributed by atoms with Gasteiger partial charge in [-0.25, -0.2) is 18.2 Å². The maximum atomic E-state index is 14.8. The number of ether oxygens (including phenoxy) is 1. The highest BCUT2D eigenvalue weighted by molar-refractivity contribution is 14.1. The first-order chi connectivity index (χ1) is 17.4. The van der Waals surface area contributed by atoms with Crippen molar-refractivity contribution in [1.82, 2.24) is 19.9 Å². The second-order valence-corrected chi connectivity index (χ2v) is 12.0. The number of aliphatic hydroxyl groups is 1. The minimum atomic E-state index is -4.09. The lowest BCUT2D eigenvalue weighted by Gasteiger charge is -2.26. The lowest BCUT2D eigenvalue weighted by atomic mass is 9.94. The van der Waals surface area contributed by atoms with Gasteiger partial charge in [0, 0.05) is 45.4 Å². The quantitative estimate of drug-likeness (QED) is 0.173. The third-order valence-electron chi connectivity index (χ3n) is 5.91. The fraction of sp³-hybridized carbons (Fsp3) is 0.364. The number of sulfonamides is 1. The van der Waals surface area contributed by atoms with E-state index in [-0.39, 0.29) is 50.4 Å². The molecule has 1 heterocycles. The van der Waals surface area contributed by atoms with Gasteiger partial charge in [-0.2, -0.15) is 13.8 Å². The van der Waals surface area contributed by atoms with E-state index in [4.69, 9.17) is 22.1 Å². The van der Waals surface area contributed by atoms with Gasteiger partial charge in [-0.15, -0.1) is 5.10 Å². The van der Waals surface area contributed by atoms with Gasteiger partial charge in [0.05, 0.1) is 18.2 Å². The number of nitrogens with two attached hydrogens (primary N) is 1. The second-order valence-electron chi connectivity index (χ2n) is 8.54. The molecule has 1 saturated carbocycles. The molecular formula is C22H24ClF2IN6O4S. The zero-order valence-electron chi connectivity index (χ0n) is 19.4. The predicted octanol–water partition coefficient (Wildman–Crippen LogP) is 4.53. The Kier molecular flexibility index (Phi) is 8.13. The number of H-pyrrole nitrogens is 1. The van der Waals surface area contributed by atoms with Crippen molar-refractivity contribution < 1.29 is 27.0 Å². The van der Waals surface area contributed by atoms with Crippen molar-refractivity contribution in [1.29, 1.82) is 0 Å². The SMILES string of the molecule is COc1ccc(-c2c(Cl)cc(Nc3n[nH]c(N)n3)cc2C(F)(F)I)cc1S(=O)(=O)N[C@H]1CC[C@H](O)CC1. The number of nitrogens with zero attached hydrogens (tertiary/aromatic N) is 2. The number of hydrogen-bond donors (Lipinski definition) is 5. The van der Waals surface area contributed by atoms with E-state index in [1.807, 2.05) is 0 Å². The van der Waals surface area contributed by atoms with Crippen molar-refractivity contribution >= 4 is 61.8 Å². The fourth-order valence-corrected chi connectivity index (χ4v) is 6.43. The third kappa shape index (κ3) is 6.42. The number of aromatic amines is 1. The average molecular weight is 669 g/mol. The molecule has 2 aromatic carbocycles. The van der Waals surface area contributed by atoms with Crippen LogP contribution in [-0.4, -0.2) is 48.0 Å². The van der Waals surface area contributed by atoms with Crippen LogP contribution in [0.1, 0.15) is 31.2 Å². The van der Waals surface area contributed by atoms with Gasteiger partial charge in [-0.3, -0.25) is 0 Å². The number of alkyl halides is 3. The average Bonchev–Trinajstić information content (AvgIpc) is 3.23. The van der Waals surface area contributed by atoms with Gasteiger partial charge in [0.15, 0.2) is 0 Å². The Morgan fingerprint density at radius 2 is 1.95 bits per heavy atom. The maximum absolute atomic E-state index is 14.8. The number of benzene rings is 2. The van der Waals surface area contributed by atoms with Gasteiger partial charge in [0.25, 0.3) is 0 Å². The van der Waals surface area contributed by atoms with Crippen LogP contribution in [0.2, 0.25) is 5.02 Å². The molecule has 3 aromatic rings. The van der Waals surface area contributed by atoms with Gasteiger partial charge in [-0.05, 0) is 55.5 Å². The lowest BCUT2D eigenvalue weighted by Crippen LogP contribution is -2.38. The predicted molar refractivity (Wildman–Crippen MR) is 144 cm³/mol. The Morgan fingerprint density at radius 3 is 2.54 bits per heavy atom. The van der Waals surface area contributed by atoms with Crippen molar-refractivity contribution in [3.05, 3.63) is 40.9 Å². The largest absolute Gasteiger partial charge is 0.495 e. The zero-order valence-corrected chi connectivity index (χ0v) is 23.2. The highest BCUT2D eigenvalue weighted by Crippen LogP contribution is 2.46. The van der Waals surface area contributed by atoms with E-state index >= 15 is 0 Å². The molecular weight excluding hydrogens is 645 g/mol. The summed E-state index contributed by atoms with van der Waals surface area (Å²) in [7, 11) is -2.77. The summed E-state index contributed by atoms with van der Waals surface area (Å²) in [5.74, 6) is 0.143. The van der Waals surface area contributed by atoms with Gasteiger partial charge in [-0.1, -0.05) is 17.7 Å². The fourth-order valence-electron chi connectivity index (χ4n) is 4.17. The number of nitrogen functional groups attached to an aromatic ring is 1. The number of aromatic nitrogens is 3. The number of nitrogens with one attached hydrogen (secondary N) is 3. The summed E-state index contributed by atoms with van der Waals surface area (Å²) in [5, 5.41) is 18.7. The molecule has 10 nitrogen and oxygen atoms in total. The van der Waals surface area contributed by atoms with Crippen molar-refractivity contribution in [2.24, 2.45) is 0 Å². The topological polar surface area (TPSA) is 155 Å². The molecule has 0 saturated heterocycles. The van der Waals surface area contributed by atoms with Crippen LogP contribution >= 0.6 is 34.2 Å². The van der Waals surface area contributed by atoms with Crippen LogP contribution in [0.15, 0.2) is 35.2 Å². The summed E-state index contributed by atoms with van der Waals surface area (Å²) in [6.07, 6.45) is 1.46. The summed E-state index contributed by atoms with van der Waals surface area (Å²) >= 11 is 7.47. The summed E-state index contributed by atoms with van der Waals surface area (Å²) < 4.78 is 60.7. The van der Waals surface area contributed by atoms with E-state index in [9.17, 15) is 22.3 Å². The molecule has 15 heteroatoms. The molecule has 0 unspecified atom stereocenters. The Labute approximate surface area is 230 Å². The third-order valence-corrected chi connectivity index (χ3v) is 8.34. The molecule has 0 radical (unpaired) electrons. The molecule has 0 bridgehead atoms. The van der Waals surface area contributed by atoms with Crippen LogP contribution in [0.4, 0.5) is 26.4 Å². The smallest absolute Gasteiger partial charge is 0.322 e. The first-order valence-corrected chi connectivity index (χ1v) is 14.1. The van der Waals surface area contributed by atoms with Crippen LogP contribution in [0.5, 0.6) is 5.75 Å². The van der Waals surface area contributed by atoms with Crippen LogP contribution < -0.4 is 20.5 Å². The molecule has 0 amide bonds. The van der Waals surface area contributed by atoms with Crippen LogP contribution in [0, 0.1) is 0 Å². The normalized spacial score (nSPS) is 18.5. The van der Waals surface area contributed by atoms with E-state index < -0.39 is 25.6 Å². The molecule has 6 N–H and O–H groups in total. The van der Waals surface area contributed by atoms with E-state index in [2.05, 4.69) is 25.2 Å². The number of anilines is 3. The number of methoxy groups -OCH3 is 1. The molecule has 4 rings (SSSR count). The minimum absolute atomic E-state index is 0.0367. The summed E-state index contributed by atoms with van der Waals surface area (Å²) in [6.45, 7) is 0. The molecule has 1 aliphatic rings. The number of aliphatic hydroxyl groups excluding tert-OH is 1. The van der Waals surface area contributed by atoms with E-state index in [1.54, 1.807) is 0 Å². The Hall–Kier alpha value is -2.27. The van der Waals surface area contributed by atoms with Gasteiger partial charge in [0.1, 0.15) is 10.6 Å². The minimum Gasteiger partial charge on any atom is -0.495 e. The van der Waals surface area contributed by atoms with E-state index in [0.29, 0.717) is 25.7 Å². The van der Waals surface area contributed by atoms with Crippen LogP contribution in [0.3, 0.4) is 0 Å². The Morgan fingerprint density at radius 1 is 1.24 bits per heavy atom. The second kappa shape index (κ2) is 10.8. The molecule has 1 fully saturated rings. The van der Waals surface area contributed by atoms with Gasteiger partial charge >= 0.3 is 3.93 Å². The van der Waals surface area contributed by atoms with Crippen molar-refractivity contribution in [2.75, 3.05) is 18.2 Å². The monoisotopic (exact) mass is 668 g/mol. The maximum Gasteiger partial charge on any atom is 0.322 e. The van der Waals surface area contributed by atoms with Gasteiger partial charge in [0.2, 0.25) is 21.9 Å². The van der Waals surface area contributed by atoms with E-state index in [1.165, 1.54) is 37.4 Å². The summed E-state index contributed by atoms with van der Waals surface area (Å²) in [6, 6.07) is 6.33. The zero-order chi connectivity index (χ0) is 27.0. The first-order valence-electron chi connectivity index (χ1n) is 11.1. The molecule has 37 heavy (non-hydrogen) atoms. The molecule has 0 atom stereocenters. The summed E-state index contributed by atoms with van der Waals surface area (Å²) in [5.41, 5.74) is 5.36. The number of hydrogen-bond acceptors (Lipinski definition) is 8. The Balaban J connectivity index is 1.76. The van der Waals surface area contributed by atoms with Crippen molar-refractivity contribution in [3.8, 4) is 16.9 Å². The highest BCUT2D eigenvalue weighted by atomic mass is 127. The first kappa shape index (κ1) is 27.8. The van der Waals surface area contributed by atoms with Crippen molar-refractivity contribution in [3.63, 3.8) is 0 Å². The Bertz CT molecular complexity index is 1390. The number of halogens is 4. The van der Waals surface area contributed by atoms with Crippen LogP contribution in [-0.2, 0) is 14.0 Å². The van der Waals surface area contributed by atoms with Gasteiger partial charge < -0.3 is 20.9 Å². The number of rotatable bonds is 8. The molecule has 200 valence electrons. The molecule has 0 aliphatic heterocycles. The highest BCUT2D eigenvalue weighted by Gasteiger charge is 2.34. The molecule has 1 aliphatic carbocycles. The lowest BCUT2D eigenvalue weighted by molar-refractivity contribution is 0.120. The summed E-state index contributed by atoms with van der Waals surface area (Å²) in [4.78, 5) is 3.67. The van der Waals surface area contributed by atoms with Crippen molar-refractivity contribution in [2.45, 2.75) is 46.7 Å². The molecule has 1 aromatic heterocycles. The standard InChI is InChI=1S/C22H24ClF2IN6O4S/c1-36-17-7-2-11(8-18(17)37(34,35)32-12-3-5-14(33)6-4-12)19-15(22(24,25)26)9-13(10-16(19)23)28-21-29-20(27)30-31-21/h2,7-10,12,14,32-33H,3-6H2,1H3,(H4,27,28,29,30,31)/t12-,14-. The molecule has 0 spiro atoms. The van der Waals surface area contributed by atoms with Crippen LogP contribution in [0.25, 0.3) is 11.1 Å². The van der Waals surface area contributed by atoms with E-state index in [0.717, 1.165) is 22.6 Å².